The number of likely N-dealkylation sites (tertiary alicyclic amines) is 2. The van der Waals surface area contributed by atoms with Crippen molar-refractivity contribution in [1.82, 2.24) is 19.8 Å². The third kappa shape index (κ3) is 2.47. The first-order chi connectivity index (χ1) is 13.1. The van der Waals surface area contributed by atoms with E-state index in [-0.39, 0.29) is 29.8 Å². The van der Waals surface area contributed by atoms with Crippen LogP contribution in [0.5, 0.6) is 0 Å². The summed E-state index contributed by atoms with van der Waals surface area (Å²) in [6.07, 6.45) is 10.1. The number of hydrogen-bond donors (Lipinski definition) is 1. The zero-order valence-electron chi connectivity index (χ0n) is 15.6. The molecule has 4 aliphatic heterocycles. The van der Waals surface area contributed by atoms with Crippen LogP contribution in [0.3, 0.4) is 0 Å². The monoisotopic (exact) mass is 370 g/mol. The minimum atomic E-state index is -0.580. The molecule has 0 unspecified atom stereocenters. The molecule has 0 saturated carbocycles. The number of nitrogens with zero attached hydrogens (tertiary/aromatic N) is 3. The zero-order valence-corrected chi connectivity index (χ0v) is 15.6. The van der Waals surface area contributed by atoms with Crippen LogP contribution in [-0.4, -0.2) is 69.5 Å². The van der Waals surface area contributed by atoms with Crippen molar-refractivity contribution in [2.75, 3.05) is 26.2 Å². The molecule has 4 atom stereocenters. The van der Waals surface area contributed by atoms with Crippen LogP contribution in [0.2, 0.25) is 0 Å². The third-order valence-corrected chi connectivity index (χ3v) is 6.67. The molecular formula is C20H26N4O3. The number of amides is 2. The van der Waals surface area contributed by atoms with Crippen LogP contribution >= 0.6 is 0 Å². The van der Waals surface area contributed by atoms with Gasteiger partial charge in [-0.15, -0.1) is 0 Å². The van der Waals surface area contributed by atoms with Gasteiger partial charge in [-0.05, 0) is 19.3 Å². The van der Waals surface area contributed by atoms with E-state index in [1.54, 1.807) is 6.20 Å². The average molecular weight is 370 g/mol. The maximum atomic E-state index is 13.4. The van der Waals surface area contributed by atoms with E-state index in [4.69, 9.17) is 4.74 Å². The predicted molar refractivity (Wildman–Crippen MR) is 97.7 cm³/mol. The lowest BCUT2D eigenvalue weighted by molar-refractivity contribution is -0.144. The molecule has 144 valence electrons. The smallest absolute Gasteiger partial charge is 0.230 e. The Morgan fingerprint density at radius 2 is 2.22 bits per heavy atom. The van der Waals surface area contributed by atoms with Gasteiger partial charge >= 0.3 is 0 Å². The Morgan fingerprint density at radius 3 is 2.93 bits per heavy atom. The molecule has 4 aliphatic rings. The number of aromatic nitrogens is 2. The second kappa shape index (κ2) is 6.19. The first kappa shape index (κ1) is 17.0. The number of carbonyl (C=O) groups excluding carboxylic acids is 2. The summed E-state index contributed by atoms with van der Waals surface area (Å²) in [5.41, 5.74) is -0.580. The molecule has 5 heterocycles. The number of piperidine rings is 1. The average Bonchev–Trinajstić information content (AvgIpc) is 3.44. The number of H-pyrrole nitrogens is 1. The number of nitrogens with one attached hydrogen (secondary N) is 1. The Bertz CT molecular complexity index is 768. The SMILES string of the molecule is CCCN1C[C@@]23C=C[C@@H](O2)[C@@H](C(=O)N2CCC(c4ncc[nH]4)CC2)[C@H]3C1=O. The summed E-state index contributed by atoms with van der Waals surface area (Å²) in [6.45, 7) is 4.81. The number of rotatable bonds is 4. The number of carbonyl (C=O) groups is 2. The fraction of sp³-hybridized carbons (Fsp3) is 0.650. The van der Waals surface area contributed by atoms with Crippen LogP contribution in [-0.2, 0) is 14.3 Å². The number of imidazole rings is 1. The van der Waals surface area contributed by atoms with Crippen molar-refractivity contribution >= 4 is 11.8 Å². The van der Waals surface area contributed by atoms with E-state index in [1.165, 1.54) is 0 Å². The molecule has 7 nitrogen and oxygen atoms in total. The Hall–Kier alpha value is -2.15. The highest BCUT2D eigenvalue weighted by Gasteiger charge is 2.67. The van der Waals surface area contributed by atoms with E-state index >= 15 is 0 Å². The first-order valence-corrected chi connectivity index (χ1v) is 10.1. The van der Waals surface area contributed by atoms with Gasteiger partial charge in [0.1, 0.15) is 11.4 Å². The maximum Gasteiger partial charge on any atom is 0.230 e. The Labute approximate surface area is 158 Å². The summed E-state index contributed by atoms with van der Waals surface area (Å²) in [4.78, 5) is 37.7. The zero-order chi connectivity index (χ0) is 18.6. The number of ether oxygens (including phenoxy) is 1. The summed E-state index contributed by atoms with van der Waals surface area (Å²) < 4.78 is 6.20. The largest absolute Gasteiger partial charge is 0.360 e. The van der Waals surface area contributed by atoms with Crippen molar-refractivity contribution < 1.29 is 14.3 Å². The van der Waals surface area contributed by atoms with E-state index in [2.05, 4.69) is 16.9 Å². The predicted octanol–water partition coefficient (Wildman–Crippen LogP) is 1.31. The van der Waals surface area contributed by atoms with Gasteiger partial charge in [0.15, 0.2) is 0 Å². The highest BCUT2D eigenvalue weighted by molar-refractivity contribution is 5.93. The molecule has 1 aromatic rings. The van der Waals surface area contributed by atoms with E-state index in [1.807, 2.05) is 28.1 Å². The van der Waals surface area contributed by atoms with Gasteiger partial charge in [0.25, 0.3) is 0 Å². The molecule has 3 fully saturated rings. The van der Waals surface area contributed by atoms with Gasteiger partial charge in [-0.2, -0.15) is 0 Å². The van der Waals surface area contributed by atoms with Crippen LogP contribution in [0, 0.1) is 11.8 Å². The molecule has 3 saturated heterocycles. The minimum Gasteiger partial charge on any atom is -0.360 e. The fourth-order valence-electron chi connectivity index (χ4n) is 5.40. The van der Waals surface area contributed by atoms with E-state index < -0.39 is 5.60 Å². The number of aromatic amines is 1. The van der Waals surface area contributed by atoms with Crippen molar-refractivity contribution in [2.24, 2.45) is 11.8 Å². The van der Waals surface area contributed by atoms with Crippen LogP contribution in [0.15, 0.2) is 24.5 Å². The van der Waals surface area contributed by atoms with Crippen molar-refractivity contribution in [3.05, 3.63) is 30.4 Å². The summed E-state index contributed by atoms with van der Waals surface area (Å²) in [7, 11) is 0. The Kier molecular flexibility index (Phi) is 3.89. The van der Waals surface area contributed by atoms with Gasteiger partial charge in [0.2, 0.25) is 11.8 Å². The lowest BCUT2D eigenvalue weighted by atomic mass is 9.76. The highest BCUT2D eigenvalue weighted by Crippen LogP contribution is 2.52. The number of fused-ring (bicyclic) bond motifs is 1. The molecule has 27 heavy (non-hydrogen) atoms. The molecule has 1 spiro atoms. The van der Waals surface area contributed by atoms with Crippen molar-refractivity contribution in [2.45, 2.75) is 43.8 Å². The molecule has 0 radical (unpaired) electrons. The topological polar surface area (TPSA) is 78.5 Å². The van der Waals surface area contributed by atoms with Crippen molar-refractivity contribution in [1.29, 1.82) is 0 Å². The molecule has 0 aliphatic carbocycles. The second-order valence-corrected chi connectivity index (χ2v) is 8.23. The van der Waals surface area contributed by atoms with Gasteiger partial charge < -0.3 is 19.5 Å². The lowest BCUT2D eigenvalue weighted by Gasteiger charge is -2.35. The van der Waals surface area contributed by atoms with Crippen molar-refractivity contribution in [3.8, 4) is 0 Å². The Morgan fingerprint density at radius 1 is 1.41 bits per heavy atom. The van der Waals surface area contributed by atoms with Crippen LogP contribution < -0.4 is 0 Å². The molecule has 1 aromatic heterocycles. The van der Waals surface area contributed by atoms with E-state index in [0.717, 1.165) is 31.6 Å². The number of hydrogen-bond acceptors (Lipinski definition) is 4. The maximum absolute atomic E-state index is 13.4. The second-order valence-electron chi connectivity index (χ2n) is 8.23. The van der Waals surface area contributed by atoms with Crippen molar-refractivity contribution in [3.63, 3.8) is 0 Å². The summed E-state index contributed by atoms with van der Waals surface area (Å²) in [5.74, 6) is 0.834. The van der Waals surface area contributed by atoms with Gasteiger partial charge in [-0.3, -0.25) is 9.59 Å². The summed E-state index contributed by atoms with van der Waals surface area (Å²) >= 11 is 0. The fourth-order valence-corrected chi connectivity index (χ4v) is 5.40. The molecule has 2 bridgehead atoms. The minimum absolute atomic E-state index is 0.0841. The van der Waals surface area contributed by atoms with E-state index in [0.29, 0.717) is 25.6 Å². The summed E-state index contributed by atoms with van der Waals surface area (Å²) in [6, 6.07) is 0. The van der Waals surface area contributed by atoms with Gasteiger partial charge in [0.05, 0.1) is 24.5 Å². The van der Waals surface area contributed by atoms with Gasteiger partial charge in [0, 0.05) is 37.9 Å². The van der Waals surface area contributed by atoms with E-state index in [9.17, 15) is 9.59 Å². The standard InChI is InChI=1S/C20H26N4O3/c1-2-9-24-12-20-6-3-14(27-20)15(16(20)19(24)26)18(25)23-10-4-13(5-11-23)17-21-7-8-22-17/h3,6-8,13-16H,2,4-5,9-12H2,1H3,(H,21,22)/t14-,15-,16+,20-/m1/s1. The highest BCUT2D eigenvalue weighted by atomic mass is 16.5. The van der Waals surface area contributed by atoms with Crippen LogP contribution in [0.1, 0.15) is 37.9 Å². The molecule has 5 rings (SSSR count). The van der Waals surface area contributed by atoms with Gasteiger partial charge in [-0.1, -0.05) is 19.1 Å². The Balaban J connectivity index is 1.31. The normalized spacial score (nSPS) is 35.3. The lowest BCUT2D eigenvalue weighted by Crippen LogP contribution is -2.48. The summed E-state index contributed by atoms with van der Waals surface area (Å²) in [5, 5.41) is 0. The third-order valence-electron chi connectivity index (χ3n) is 6.67. The van der Waals surface area contributed by atoms with Crippen LogP contribution in [0.25, 0.3) is 0 Å². The molecular weight excluding hydrogens is 344 g/mol. The quantitative estimate of drug-likeness (QED) is 0.811. The first-order valence-electron chi connectivity index (χ1n) is 10.1. The molecule has 0 aromatic carbocycles. The van der Waals surface area contributed by atoms with Gasteiger partial charge in [-0.25, -0.2) is 4.98 Å². The van der Waals surface area contributed by atoms with Crippen LogP contribution in [0.4, 0.5) is 0 Å². The molecule has 2 amide bonds. The molecule has 7 heteroatoms. The molecule has 1 N–H and O–H groups in total.